The minimum atomic E-state index is -0.263. The van der Waals surface area contributed by atoms with Crippen molar-refractivity contribution in [2.75, 3.05) is 58.3 Å². The van der Waals surface area contributed by atoms with Gasteiger partial charge in [-0.15, -0.1) is 0 Å². The number of carbonyl (C=O) groups is 1. The van der Waals surface area contributed by atoms with Crippen molar-refractivity contribution in [3.63, 3.8) is 0 Å². The van der Waals surface area contributed by atoms with Crippen LogP contribution in [0.1, 0.15) is 24.4 Å². The smallest absolute Gasteiger partial charge is 0.244 e. The Kier molecular flexibility index (Phi) is 5.93. The molecule has 1 aromatic rings. The number of benzene rings is 1. The van der Waals surface area contributed by atoms with E-state index in [1.807, 2.05) is 19.0 Å². The van der Waals surface area contributed by atoms with Gasteiger partial charge in [-0.3, -0.25) is 9.69 Å². The Labute approximate surface area is 150 Å². The first kappa shape index (κ1) is 18.2. The third-order valence-electron chi connectivity index (χ3n) is 5.25. The number of anilines is 1. The van der Waals surface area contributed by atoms with Gasteiger partial charge in [0.2, 0.25) is 5.91 Å². The summed E-state index contributed by atoms with van der Waals surface area (Å²) in [6.45, 7) is 4.89. The maximum Gasteiger partial charge on any atom is 0.244 e. The second-order valence-corrected chi connectivity index (χ2v) is 7.23. The molecule has 0 bridgehead atoms. The molecule has 0 aliphatic carbocycles. The highest BCUT2D eigenvalue weighted by Crippen LogP contribution is 2.27. The van der Waals surface area contributed by atoms with Crippen molar-refractivity contribution >= 4 is 11.6 Å². The molecule has 0 radical (unpaired) electrons. The van der Waals surface area contributed by atoms with E-state index in [9.17, 15) is 9.90 Å². The van der Waals surface area contributed by atoms with Gasteiger partial charge in [0.15, 0.2) is 0 Å². The third-order valence-corrected chi connectivity index (χ3v) is 5.25. The molecule has 1 unspecified atom stereocenters. The van der Waals surface area contributed by atoms with E-state index < -0.39 is 0 Å². The molecule has 138 valence electrons. The highest BCUT2D eigenvalue weighted by molar-refractivity contribution is 5.83. The molecule has 2 aliphatic rings. The van der Waals surface area contributed by atoms with Crippen LogP contribution in [0.2, 0.25) is 0 Å². The average molecular weight is 346 g/mol. The maximum atomic E-state index is 13.3. The molecule has 2 saturated heterocycles. The second-order valence-electron chi connectivity index (χ2n) is 7.23. The zero-order valence-corrected chi connectivity index (χ0v) is 15.3. The number of piperidine rings is 1. The quantitative estimate of drug-likeness (QED) is 0.840. The van der Waals surface area contributed by atoms with Crippen LogP contribution in [-0.2, 0) is 4.79 Å². The second kappa shape index (κ2) is 8.17. The molecule has 6 heteroatoms. The molecular weight excluding hydrogens is 316 g/mol. The number of aliphatic hydroxyl groups excluding tert-OH is 1. The number of nitrogens with zero attached hydrogens (tertiary/aromatic N) is 3. The lowest BCUT2D eigenvalue weighted by Gasteiger charge is -2.39. The molecule has 1 aromatic carbocycles. The predicted octanol–water partition coefficient (Wildman–Crippen LogP) is 0.682. The summed E-state index contributed by atoms with van der Waals surface area (Å²) in [4.78, 5) is 19.6. The van der Waals surface area contributed by atoms with Crippen molar-refractivity contribution in [3.05, 3.63) is 29.8 Å². The summed E-state index contributed by atoms with van der Waals surface area (Å²) in [5.74, 6) is 0.173. The first-order valence-corrected chi connectivity index (χ1v) is 9.25. The summed E-state index contributed by atoms with van der Waals surface area (Å²) in [5.41, 5.74) is 2.19. The Bertz CT molecular complexity index is 561. The average Bonchev–Trinajstić information content (AvgIpc) is 2.64. The van der Waals surface area contributed by atoms with Crippen LogP contribution in [0.4, 0.5) is 5.69 Å². The normalized spacial score (nSPS) is 21.2. The molecule has 2 fully saturated rings. The van der Waals surface area contributed by atoms with Crippen molar-refractivity contribution in [1.82, 2.24) is 15.1 Å². The molecule has 25 heavy (non-hydrogen) atoms. The van der Waals surface area contributed by atoms with Crippen LogP contribution in [0, 0.1) is 0 Å². The van der Waals surface area contributed by atoms with Crippen LogP contribution in [0.25, 0.3) is 0 Å². The summed E-state index contributed by atoms with van der Waals surface area (Å²) in [7, 11) is 4.04. The van der Waals surface area contributed by atoms with Crippen LogP contribution in [0.5, 0.6) is 0 Å². The summed E-state index contributed by atoms with van der Waals surface area (Å²) < 4.78 is 0. The van der Waals surface area contributed by atoms with Crippen molar-refractivity contribution in [1.29, 1.82) is 0 Å². The minimum Gasteiger partial charge on any atom is -0.393 e. The van der Waals surface area contributed by atoms with Gasteiger partial charge in [-0.05, 0) is 30.5 Å². The van der Waals surface area contributed by atoms with Crippen LogP contribution in [-0.4, -0.2) is 80.3 Å². The van der Waals surface area contributed by atoms with Crippen molar-refractivity contribution in [3.8, 4) is 0 Å². The number of hydrogen-bond acceptors (Lipinski definition) is 5. The lowest BCUT2D eigenvalue weighted by atomic mass is 10.00. The molecule has 0 saturated carbocycles. The van der Waals surface area contributed by atoms with Gasteiger partial charge < -0.3 is 20.2 Å². The SMILES string of the molecule is CN(C)c1ccc(C(C(=O)N2CCC(O)CC2)N2CCNCC2)cc1. The molecule has 2 aliphatic heterocycles. The summed E-state index contributed by atoms with van der Waals surface area (Å²) in [6, 6.07) is 8.10. The fourth-order valence-corrected chi connectivity index (χ4v) is 3.66. The van der Waals surface area contributed by atoms with Gasteiger partial charge in [-0.25, -0.2) is 0 Å². The summed E-state index contributed by atoms with van der Waals surface area (Å²) in [5, 5.41) is 13.1. The van der Waals surface area contributed by atoms with Gasteiger partial charge in [-0.2, -0.15) is 0 Å². The third kappa shape index (κ3) is 4.32. The van der Waals surface area contributed by atoms with Gasteiger partial charge in [0.05, 0.1) is 6.10 Å². The minimum absolute atomic E-state index is 0.173. The Hall–Kier alpha value is -1.63. The van der Waals surface area contributed by atoms with E-state index >= 15 is 0 Å². The molecule has 2 heterocycles. The van der Waals surface area contributed by atoms with Crippen LogP contribution in [0.3, 0.4) is 0 Å². The Morgan fingerprint density at radius 1 is 1.12 bits per heavy atom. The van der Waals surface area contributed by atoms with E-state index in [4.69, 9.17) is 0 Å². The number of piperazine rings is 1. The monoisotopic (exact) mass is 346 g/mol. The summed E-state index contributed by atoms with van der Waals surface area (Å²) >= 11 is 0. The van der Waals surface area contributed by atoms with Crippen molar-refractivity contribution in [2.24, 2.45) is 0 Å². The fraction of sp³-hybridized carbons (Fsp3) is 0.632. The van der Waals surface area contributed by atoms with Crippen LogP contribution < -0.4 is 10.2 Å². The Morgan fingerprint density at radius 3 is 2.28 bits per heavy atom. The van der Waals surface area contributed by atoms with Crippen molar-refractivity contribution in [2.45, 2.75) is 25.0 Å². The van der Waals surface area contributed by atoms with Crippen molar-refractivity contribution < 1.29 is 9.90 Å². The Balaban J connectivity index is 1.82. The topological polar surface area (TPSA) is 59.1 Å². The van der Waals surface area contributed by atoms with E-state index in [-0.39, 0.29) is 18.1 Å². The van der Waals surface area contributed by atoms with E-state index in [1.165, 1.54) is 0 Å². The molecule has 0 spiro atoms. The molecule has 1 atom stereocenters. The molecule has 1 amide bonds. The van der Waals surface area contributed by atoms with Gasteiger partial charge >= 0.3 is 0 Å². The molecule has 0 aromatic heterocycles. The van der Waals surface area contributed by atoms with E-state index in [0.717, 1.165) is 37.4 Å². The summed E-state index contributed by atoms with van der Waals surface area (Å²) in [6.07, 6.45) is 1.10. The molecule has 3 rings (SSSR count). The standard InChI is InChI=1S/C19H30N4O2/c1-21(2)16-5-3-15(4-6-16)18(22-13-9-20-10-14-22)19(25)23-11-7-17(24)8-12-23/h3-6,17-18,20,24H,7-14H2,1-2H3. The number of aliphatic hydroxyl groups is 1. The first-order chi connectivity index (χ1) is 12.1. The number of carbonyl (C=O) groups excluding carboxylic acids is 1. The van der Waals surface area contributed by atoms with Crippen LogP contribution >= 0.6 is 0 Å². The maximum absolute atomic E-state index is 13.3. The number of nitrogens with one attached hydrogen (secondary N) is 1. The number of hydrogen-bond donors (Lipinski definition) is 2. The Morgan fingerprint density at radius 2 is 1.72 bits per heavy atom. The lowest BCUT2D eigenvalue weighted by molar-refractivity contribution is -0.139. The van der Waals surface area contributed by atoms with E-state index in [1.54, 1.807) is 0 Å². The first-order valence-electron chi connectivity index (χ1n) is 9.25. The zero-order valence-electron chi connectivity index (χ0n) is 15.3. The fourth-order valence-electron chi connectivity index (χ4n) is 3.66. The zero-order chi connectivity index (χ0) is 17.8. The molecule has 6 nitrogen and oxygen atoms in total. The van der Waals surface area contributed by atoms with Gasteiger partial charge in [-0.1, -0.05) is 12.1 Å². The molecular formula is C19H30N4O2. The van der Waals surface area contributed by atoms with Crippen LogP contribution in [0.15, 0.2) is 24.3 Å². The van der Waals surface area contributed by atoms with Gasteiger partial charge in [0, 0.05) is 59.1 Å². The van der Waals surface area contributed by atoms with E-state index in [2.05, 4.69) is 39.4 Å². The van der Waals surface area contributed by atoms with E-state index in [0.29, 0.717) is 25.9 Å². The lowest BCUT2D eigenvalue weighted by Crippen LogP contribution is -2.51. The highest BCUT2D eigenvalue weighted by atomic mass is 16.3. The number of likely N-dealkylation sites (tertiary alicyclic amines) is 1. The highest BCUT2D eigenvalue weighted by Gasteiger charge is 2.33. The number of amides is 1. The largest absolute Gasteiger partial charge is 0.393 e. The molecule has 2 N–H and O–H groups in total. The van der Waals surface area contributed by atoms with Gasteiger partial charge in [0.1, 0.15) is 6.04 Å². The predicted molar refractivity (Wildman–Crippen MR) is 99.8 cm³/mol. The number of rotatable bonds is 4. The van der Waals surface area contributed by atoms with Gasteiger partial charge in [0.25, 0.3) is 0 Å².